The summed E-state index contributed by atoms with van der Waals surface area (Å²) in [5, 5.41) is 3.47. The van der Waals surface area contributed by atoms with E-state index in [1.807, 2.05) is 6.07 Å². The zero-order valence-electron chi connectivity index (χ0n) is 11.7. The van der Waals surface area contributed by atoms with Gasteiger partial charge < -0.3 is 10.1 Å². The van der Waals surface area contributed by atoms with Gasteiger partial charge in [-0.2, -0.15) is 13.2 Å². The summed E-state index contributed by atoms with van der Waals surface area (Å²) in [6, 6.07) is 5.62. The van der Waals surface area contributed by atoms with Crippen molar-refractivity contribution >= 4 is 15.9 Å². The zero-order chi connectivity index (χ0) is 15.3. The Morgan fingerprint density at radius 2 is 1.86 bits per heavy atom. The minimum atomic E-state index is -4.32. The van der Waals surface area contributed by atoms with Crippen LogP contribution in [-0.4, -0.2) is 18.8 Å². The molecule has 0 atom stereocenters. The first-order valence-electron chi connectivity index (χ1n) is 7.15. The second kappa shape index (κ2) is 7.49. The molecule has 0 amide bonds. The molecular weight excluding hydrogens is 347 g/mol. The van der Waals surface area contributed by atoms with E-state index < -0.39 is 12.8 Å². The minimum absolute atomic E-state index is 0.238. The highest BCUT2D eigenvalue weighted by molar-refractivity contribution is 9.10. The first-order chi connectivity index (χ1) is 9.92. The van der Waals surface area contributed by atoms with Gasteiger partial charge in [0, 0.05) is 17.1 Å². The summed E-state index contributed by atoms with van der Waals surface area (Å²) < 4.78 is 42.1. The van der Waals surface area contributed by atoms with Crippen molar-refractivity contribution in [1.29, 1.82) is 0 Å². The smallest absolute Gasteiger partial charge is 0.422 e. The van der Waals surface area contributed by atoms with Crippen molar-refractivity contribution in [3.63, 3.8) is 0 Å². The predicted octanol–water partition coefficient (Wildman–Crippen LogP) is 4.81. The van der Waals surface area contributed by atoms with Crippen LogP contribution >= 0.6 is 15.9 Å². The van der Waals surface area contributed by atoms with Gasteiger partial charge in [0.2, 0.25) is 0 Å². The maximum Gasteiger partial charge on any atom is 0.422 e. The highest BCUT2D eigenvalue weighted by atomic mass is 79.9. The molecule has 1 N–H and O–H groups in total. The standard InChI is InChI=1S/C15H19BrF3NO/c16-12-6-11(9-20-13-4-2-1-3-5-13)7-14(8-12)21-10-15(17,18)19/h6-8,13,20H,1-5,9-10H2. The van der Waals surface area contributed by atoms with E-state index in [0.29, 0.717) is 12.6 Å². The number of halogens is 4. The zero-order valence-corrected chi connectivity index (χ0v) is 13.3. The average molecular weight is 366 g/mol. The fourth-order valence-corrected chi connectivity index (χ4v) is 3.06. The fraction of sp³-hybridized carbons (Fsp3) is 0.600. The molecule has 118 valence electrons. The molecule has 1 saturated carbocycles. The molecule has 0 unspecified atom stereocenters. The van der Waals surface area contributed by atoms with Crippen LogP contribution in [0.2, 0.25) is 0 Å². The first kappa shape index (κ1) is 16.6. The largest absolute Gasteiger partial charge is 0.484 e. The quantitative estimate of drug-likeness (QED) is 0.807. The van der Waals surface area contributed by atoms with Crippen molar-refractivity contribution in [3.8, 4) is 5.75 Å². The summed E-state index contributed by atoms with van der Waals surface area (Å²) in [5.74, 6) is 0.238. The van der Waals surface area contributed by atoms with Crippen LogP contribution in [0.4, 0.5) is 13.2 Å². The van der Waals surface area contributed by atoms with Gasteiger partial charge in [-0.3, -0.25) is 0 Å². The van der Waals surface area contributed by atoms with Crippen molar-refractivity contribution in [3.05, 3.63) is 28.2 Å². The lowest BCUT2D eigenvalue weighted by Crippen LogP contribution is -2.30. The summed E-state index contributed by atoms with van der Waals surface area (Å²) in [5.41, 5.74) is 0.923. The molecule has 1 aromatic rings. The Labute approximate surface area is 131 Å². The molecule has 21 heavy (non-hydrogen) atoms. The molecule has 0 spiro atoms. The maximum absolute atomic E-state index is 12.2. The van der Waals surface area contributed by atoms with E-state index in [4.69, 9.17) is 4.74 Å². The molecule has 1 aromatic carbocycles. The molecule has 0 aromatic heterocycles. The van der Waals surface area contributed by atoms with Crippen molar-refractivity contribution < 1.29 is 17.9 Å². The molecule has 1 fully saturated rings. The third kappa shape index (κ3) is 6.26. The monoisotopic (exact) mass is 365 g/mol. The summed E-state index contributed by atoms with van der Waals surface area (Å²) in [4.78, 5) is 0. The Hall–Kier alpha value is -0.750. The van der Waals surface area contributed by atoms with Crippen molar-refractivity contribution in [2.45, 2.75) is 50.9 Å². The van der Waals surface area contributed by atoms with Crippen LogP contribution in [-0.2, 0) is 6.54 Å². The van der Waals surface area contributed by atoms with Gasteiger partial charge in [-0.15, -0.1) is 0 Å². The SMILES string of the molecule is FC(F)(F)COc1cc(Br)cc(CNC2CCCCC2)c1. The number of alkyl halides is 3. The number of benzene rings is 1. The molecule has 6 heteroatoms. The van der Waals surface area contributed by atoms with Gasteiger partial charge in [0.25, 0.3) is 0 Å². The average Bonchev–Trinajstić information content (AvgIpc) is 2.43. The molecular formula is C15H19BrF3NO. The van der Waals surface area contributed by atoms with Gasteiger partial charge in [0.1, 0.15) is 5.75 Å². The van der Waals surface area contributed by atoms with Crippen LogP contribution in [0.5, 0.6) is 5.75 Å². The lowest BCUT2D eigenvalue weighted by molar-refractivity contribution is -0.153. The second-order valence-electron chi connectivity index (χ2n) is 5.41. The normalized spacial score (nSPS) is 17.0. The summed E-state index contributed by atoms with van der Waals surface area (Å²) in [7, 11) is 0. The highest BCUT2D eigenvalue weighted by Gasteiger charge is 2.28. The third-order valence-corrected chi connectivity index (χ3v) is 3.99. The van der Waals surface area contributed by atoms with Crippen molar-refractivity contribution in [1.82, 2.24) is 5.32 Å². The topological polar surface area (TPSA) is 21.3 Å². The first-order valence-corrected chi connectivity index (χ1v) is 7.94. The van der Waals surface area contributed by atoms with Gasteiger partial charge in [-0.05, 0) is 36.6 Å². The van der Waals surface area contributed by atoms with Crippen LogP contribution < -0.4 is 10.1 Å². The summed E-state index contributed by atoms with van der Waals surface area (Å²) in [6.07, 6.45) is 1.82. The van der Waals surface area contributed by atoms with E-state index in [9.17, 15) is 13.2 Å². The molecule has 1 aliphatic rings. The maximum atomic E-state index is 12.2. The van der Waals surface area contributed by atoms with E-state index >= 15 is 0 Å². The molecule has 0 bridgehead atoms. The molecule has 0 aliphatic heterocycles. The lowest BCUT2D eigenvalue weighted by Gasteiger charge is -2.23. The number of rotatable bonds is 5. The Morgan fingerprint density at radius 3 is 2.52 bits per heavy atom. The number of nitrogens with one attached hydrogen (secondary N) is 1. The predicted molar refractivity (Wildman–Crippen MR) is 79.4 cm³/mol. The Balaban J connectivity index is 1.91. The summed E-state index contributed by atoms with van der Waals surface area (Å²) >= 11 is 3.31. The fourth-order valence-electron chi connectivity index (χ4n) is 2.54. The van der Waals surface area contributed by atoms with E-state index in [1.54, 1.807) is 12.1 Å². The van der Waals surface area contributed by atoms with Crippen LogP contribution in [0.1, 0.15) is 37.7 Å². The van der Waals surface area contributed by atoms with Gasteiger partial charge in [-0.25, -0.2) is 0 Å². The van der Waals surface area contributed by atoms with E-state index in [2.05, 4.69) is 21.2 Å². The molecule has 0 radical (unpaired) electrons. The second-order valence-corrected chi connectivity index (χ2v) is 6.33. The van der Waals surface area contributed by atoms with E-state index in [1.165, 1.54) is 32.1 Å². The molecule has 0 saturated heterocycles. The lowest BCUT2D eigenvalue weighted by atomic mass is 9.95. The van der Waals surface area contributed by atoms with Crippen molar-refractivity contribution in [2.75, 3.05) is 6.61 Å². The Bertz CT molecular complexity index is 459. The Kier molecular flexibility index (Phi) is 5.93. The van der Waals surface area contributed by atoms with Crippen molar-refractivity contribution in [2.24, 2.45) is 0 Å². The van der Waals surface area contributed by atoms with E-state index in [0.717, 1.165) is 10.0 Å². The number of hydrogen-bond donors (Lipinski definition) is 1. The molecule has 2 nitrogen and oxygen atoms in total. The summed E-state index contributed by atoms with van der Waals surface area (Å²) in [6.45, 7) is -0.620. The van der Waals surface area contributed by atoms with Crippen LogP contribution in [0.25, 0.3) is 0 Å². The highest BCUT2D eigenvalue weighted by Crippen LogP contribution is 2.25. The molecule has 1 aliphatic carbocycles. The van der Waals surface area contributed by atoms with Crippen LogP contribution in [0, 0.1) is 0 Å². The van der Waals surface area contributed by atoms with Crippen LogP contribution in [0.3, 0.4) is 0 Å². The third-order valence-electron chi connectivity index (χ3n) is 3.53. The number of ether oxygens (including phenoxy) is 1. The molecule has 0 heterocycles. The van der Waals surface area contributed by atoms with E-state index in [-0.39, 0.29) is 5.75 Å². The van der Waals surface area contributed by atoms with Gasteiger partial charge in [-0.1, -0.05) is 35.2 Å². The number of hydrogen-bond acceptors (Lipinski definition) is 2. The van der Waals surface area contributed by atoms with Gasteiger partial charge >= 0.3 is 6.18 Å². The van der Waals surface area contributed by atoms with Crippen LogP contribution in [0.15, 0.2) is 22.7 Å². The van der Waals surface area contributed by atoms with Gasteiger partial charge in [0.15, 0.2) is 6.61 Å². The van der Waals surface area contributed by atoms with Gasteiger partial charge in [0.05, 0.1) is 0 Å². The minimum Gasteiger partial charge on any atom is -0.484 e. The molecule has 2 rings (SSSR count). The Morgan fingerprint density at radius 1 is 1.14 bits per heavy atom.